The van der Waals surface area contributed by atoms with Crippen LogP contribution in [0.4, 0.5) is 5.69 Å². The summed E-state index contributed by atoms with van der Waals surface area (Å²) >= 11 is 0. The Morgan fingerprint density at radius 3 is 2.44 bits per heavy atom. The molecule has 0 aliphatic heterocycles. The fourth-order valence-electron chi connectivity index (χ4n) is 1.52. The predicted octanol–water partition coefficient (Wildman–Crippen LogP) is 1.48. The molecule has 5 heteroatoms. The Labute approximate surface area is 105 Å². The quantitative estimate of drug-likeness (QED) is 0.799. The maximum Gasteiger partial charge on any atom is 0.250 e. The summed E-state index contributed by atoms with van der Waals surface area (Å²) in [6.45, 7) is 1.49. The van der Waals surface area contributed by atoms with Crippen molar-refractivity contribution in [2.75, 3.05) is 5.32 Å². The molecule has 0 aliphatic carbocycles. The zero-order chi connectivity index (χ0) is 13.5. The van der Waals surface area contributed by atoms with E-state index in [1.807, 2.05) is 0 Å². The summed E-state index contributed by atoms with van der Waals surface area (Å²) in [6, 6.07) is 6.54. The Kier molecular flexibility index (Phi) is 5.05. The first-order chi connectivity index (χ1) is 8.50. The van der Waals surface area contributed by atoms with Crippen molar-refractivity contribution >= 4 is 23.3 Å². The van der Waals surface area contributed by atoms with Gasteiger partial charge in [-0.3, -0.25) is 9.59 Å². The molecule has 0 aromatic heterocycles. The van der Waals surface area contributed by atoms with Gasteiger partial charge in [-0.2, -0.15) is 0 Å². The maximum atomic E-state index is 11.6. The van der Waals surface area contributed by atoms with Gasteiger partial charge in [0.15, 0.2) is 0 Å². The second-order valence-electron chi connectivity index (χ2n) is 4.01. The predicted molar refractivity (Wildman–Crippen MR) is 68.1 cm³/mol. The number of amides is 2. The van der Waals surface area contributed by atoms with Crippen LogP contribution in [-0.2, 0) is 9.59 Å². The monoisotopic (exact) mass is 248 g/mol. The topological polar surface area (TPSA) is 89.3 Å². The lowest BCUT2D eigenvalue weighted by atomic mass is 10.1. The molecule has 1 aromatic carbocycles. The van der Waals surface area contributed by atoms with Gasteiger partial charge in [0.25, 0.3) is 5.91 Å². The second kappa shape index (κ2) is 6.54. The van der Waals surface area contributed by atoms with Crippen molar-refractivity contribution < 1.29 is 14.4 Å². The molecule has 0 radical (unpaired) electrons. The highest BCUT2D eigenvalue weighted by molar-refractivity contribution is 6.02. The molecule has 0 fully saturated rings. The zero-order valence-electron chi connectivity index (χ0n) is 10.2. The molecule has 1 rings (SSSR count). The molecule has 5 nitrogen and oxygen atoms in total. The minimum Gasteiger partial charge on any atom is -0.366 e. The Morgan fingerprint density at radius 2 is 1.83 bits per heavy atom. The summed E-state index contributed by atoms with van der Waals surface area (Å²) in [5.74, 6) is -0.764. The van der Waals surface area contributed by atoms with E-state index >= 15 is 0 Å². The largest absolute Gasteiger partial charge is 0.366 e. The van der Waals surface area contributed by atoms with Crippen molar-refractivity contribution in [2.45, 2.75) is 26.2 Å². The third kappa shape index (κ3) is 4.37. The molecule has 0 bridgehead atoms. The standard InChI is InChI=1S/C13H16N2O3/c1-9(16)5-4-8-12(17)15-11-7-3-2-6-10(11)13(14)18/h2-3,6-7H,4-5,8H2,1H3,(H2,14,18)(H,15,17). The molecule has 3 N–H and O–H groups in total. The van der Waals surface area contributed by atoms with E-state index in [0.29, 0.717) is 18.5 Å². The van der Waals surface area contributed by atoms with Crippen LogP contribution in [-0.4, -0.2) is 17.6 Å². The summed E-state index contributed by atoms with van der Waals surface area (Å²) in [6.07, 6.45) is 1.12. The molecule has 0 aliphatic rings. The molecule has 0 spiro atoms. The number of Topliss-reactive ketones (excluding diaryl/α,β-unsaturated/α-hetero) is 1. The van der Waals surface area contributed by atoms with E-state index in [-0.39, 0.29) is 23.7 Å². The van der Waals surface area contributed by atoms with E-state index in [1.54, 1.807) is 24.3 Å². The number of ketones is 1. The Bertz CT molecular complexity index is 469. The van der Waals surface area contributed by atoms with E-state index in [4.69, 9.17) is 5.73 Å². The molecule has 1 aromatic rings. The molecule has 96 valence electrons. The van der Waals surface area contributed by atoms with Gasteiger partial charge in [0, 0.05) is 12.8 Å². The molecule has 0 heterocycles. The minimum absolute atomic E-state index is 0.0559. The van der Waals surface area contributed by atoms with Crippen LogP contribution in [0.15, 0.2) is 24.3 Å². The lowest BCUT2D eigenvalue weighted by Gasteiger charge is -2.08. The number of hydrogen-bond donors (Lipinski definition) is 2. The van der Waals surface area contributed by atoms with Gasteiger partial charge in [0.1, 0.15) is 5.78 Å². The summed E-state index contributed by atoms with van der Waals surface area (Å²) < 4.78 is 0. The van der Waals surface area contributed by atoms with Gasteiger partial charge < -0.3 is 15.8 Å². The highest BCUT2D eigenvalue weighted by Crippen LogP contribution is 2.14. The van der Waals surface area contributed by atoms with Crippen LogP contribution in [0.25, 0.3) is 0 Å². The zero-order valence-corrected chi connectivity index (χ0v) is 10.2. The Morgan fingerprint density at radius 1 is 1.17 bits per heavy atom. The van der Waals surface area contributed by atoms with E-state index in [0.717, 1.165) is 0 Å². The smallest absolute Gasteiger partial charge is 0.250 e. The average Bonchev–Trinajstić information content (AvgIpc) is 2.28. The van der Waals surface area contributed by atoms with Crippen molar-refractivity contribution in [3.63, 3.8) is 0 Å². The van der Waals surface area contributed by atoms with Crippen LogP contribution in [0.3, 0.4) is 0 Å². The van der Waals surface area contributed by atoms with Gasteiger partial charge in [-0.05, 0) is 25.5 Å². The minimum atomic E-state index is -0.588. The van der Waals surface area contributed by atoms with Crippen molar-refractivity contribution in [2.24, 2.45) is 5.73 Å². The van der Waals surface area contributed by atoms with Crippen LogP contribution in [0.1, 0.15) is 36.5 Å². The molecule has 0 unspecified atom stereocenters. The first kappa shape index (κ1) is 13.9. The Hall–Kier alpha value is -2.17. The fourth-order valence-corrected chi connectivity index (χ4v) is 1.52. The lowest BCUT2D eigenvalue weighted by molar-refractivity contribution is -0.117. The van der Waals surface area contributed by atoms with E-state index < -0.39 is 5.91 Å². The normalized spacial score (nSPS) is 9.83. The van der Waals surface area contributed by atoms with Gasteiger partial charge in [0.05, 0.1) is 11.3 Å². The fraction of sp³-hybridized carbons (Fsp3) is 0.308. The number of anilines is 1. The van der Waals surface area contributed by atoms with Crippen molar-refractivity contribution in [3.8, 4) is 0 Å². The average molecular weight is 248 g/mol. The Balaban J connectivity index is 2.59. The highest BCUT2D eigenvalue weighted by atomic mass is 16.2. The summed E-state index contributed by atoms with van der Waals surface area (Å²) in [7, 11) is 0. The van der Waals surface area contributed by atoms with Gasteiger partial charge in [0.2, 0.25) is 5.91 Å². The number of rotatable bonds is 6. The molecule has 0 atom stereocenters. The van der Waals surface area contributed by atoms with Crippen LogP contribution < -0.4 is 11.1 Å². The maximum absolute atomic E-state index is 11.6. The summed E-state index contributed by atoms with van der Waals surface area (Å²) in [5, 5.41) is 2.61. The molecule has 0 saturated heterocycles. The lowest BCUT2D eigenvalue weighted by Crippen LogP contribution is -2.18. The van der Waals surface area contributed by atoms with Gasteiger partial charge >= 0.3 is 0 Å². The first-order valence-electron chi connectivity index (χ1n) is 5.69. The number of carbonyl (C=O) groups is 3. The number of carbonyl (C=O) groups excluding carboxylic acids is 3. The van der Waals surface area contributed by atoms with Crippen molar-refractivity contribution in [3.05, 3.63) is 29.8 Å². The van der Waals surface area contributed by atoms with Gasteiger partial charge in [-0.1, -0.05) is 12.1 Å². The van der Waals surface area contributed by atoms with Gasteiger partial charge in [-0.25, -0.2) is 0 Å². The van der Waals surface area contributed by atoms with Crippen molar-refractivity contribution in [1.29, 1.82) is 0 Å². The van der Waals surface area contributed by atoms with E-state index in [9.17, 15) is 14.4 Å². The SMILES string of the molecule is CC(=O)CCCC(=O)Nc1ccccc1C(N)=O. The van der Waals surface area contributed by atoms with Crippen LogP contribution in [0.2, 0.25) is 0 Å². The number of nitrogens with two attached hydrogens (primary N) is 1. The number of hydrogen-bond acceptors (Lipinski definition) is 3. The molecule has 2 amide bonds. The molecular weight excluding hydrogens is 232 g/mol. The molecular formula is C13H16N2O3. The summed E-state index contributed by atoms with van der Waals surface area (Å²) in [4.78, 5) is 33.5. The number of benzene rings is 1. The number of nitrogens with one attached hydrogen (secondary N) is 1. The van der Waals surface area contributed by atoms with E-state index in [2.05, 4.69) is 5.32 Å². The highest BCUT2D eigenvalue weighted by Gasteiger charge is 2.10. The number of primary amides is 1. The third-order valence-corrected chi connectivity index (χ3v) is 2.40. The van der Waals surface area contributed by atoms with Crippen LogP contribution >= 0.6 is 0 Å². The third-order valence-electron chi connectivity index (χ3n) is 2.40. The van der Waals surface area contributed by atoms with Crippen LogP contribution in [0.5, 0.6) is 0 Å². The number of para-hydroxylation sites is 1. The molecule has 18 heavy (non-hydrogen) atoms. The van der Waals surface area contributed by atoms with Crippen molar-refractivity contribution in [1.82, 2.24) is 0 Å². The van der Waals surface area contributed by atoms with E-state index in [1.165, 1.54) is 6.92 Å². The van der Waals surface area contributed by atoms with Crippen LogP contribution in [0, 0.1) is 0 Å². The second-order valence-corrected chi connectivity index (χ2v) is 4.01. The molecule has 0 saturated carbocycles. The summed E-state index contributed by atoms with van der Waals surface area (Å²) in [5.41, 5.74) is 5.87. The van der Waals surface area contributed by atoms with Gasteiger partial charge in [-0.15, -0.1) is 0 Å². The first-order valence-corrected chi connectivity index (χ1v) is 5.69.